The number of rotatable bonds is 7. The maximum Gasteiger partial charge on any atom is 0.272 e. The normalized spacial score (nSPS) is 12.4. The number of nitro groups is 1. The van der Waals surface area contributed by atoms with Gasteiger partial charge in [0.2, 0.25) is 0 Å². The van der Waals surface area contributed by atoms with Crippen LogP contribution in [0, 0.1) is 17.0 Å². The molecule has 1 atom stereocenters. The molecule has 5 nitrogen and oxygen atoms in total. The van der Waals surface area contributed by atoms with Gasteiger partial charge in [-0.2, -0.15) is 0 Å². The molecule has 18 heavy (non-hydrogen) atoms. The van der Waals surface area contributed by atoms with Gasteiger partial charge < -0.3 is 10.1 Å². The van der Waals surface area contributed by atoms with Crippen molar-refractivity contribution < 1.29 is 9.66 Å². The molecule has 1 aromatic carbocycles. The van der Waals surface area contributed by atoms with Gasteiger partial charge in [-0.1, -0.05) is 19.1 Å². The van der Waals surface area contributed by atoms with E-state index in [9.17, 15) is 10.1 Å². The molecule has 0 aliphatic rings. The number of ether oxygens (including phenoxy) is 1. The van der Waals surface area contributed by atoms with Crippen LogP contribution >= 0.6 is 0 Å². The zero-order valence-corrected chi connectivity index (χ0v) is 11.1. The molecular weight excluding hydrogens is 232 g/mol. The van der Waals surface area contributed by atoms with Gasteiger partial charge >= 0.3 is 0 Å². The van der Waals surface area contributed by atoms with Gasteiger partial charge in [-0.3, -0.25) is 10.1 Å². The van der Waals surface area contributed by atoms with E-state index in [0.29, 0.717) is 13.0 Å². The molecule has 100 valence electrons. The highest BCUT2D eigenvalue weighted by Crippen LogP contribution is 2.21. The Balaban J connectivity index is 2.90. The highest BCUT2D eigenvalue weighted by atomic mass is 16.6. The molecule has 5 heteroatoms. The molecule has 0 aliphatic carbocycles. The number of nitrogens with zero attached hydrogens (tertiary/aromatic N) is 1. The van der Waals surface area contributed by atoms with Crippen LogP contribution in [0.4, 0.5) is 5.69 Å². The largest absolute Gasteiger partial charge is 0.383 e. The van der Waals surface area contributed by atoms with Crippen molar-refractivity contribution >= 4 is 5.69 Å². The second-order valence-electron chi connectivity index (χ2n) is 4.30. The van der Waals surface area contributed by atoms with E-state index >= 15 is 0 Å². The van der Waals surface area contributed by atoms with E-state index in [1.165, 1.54) is 0 Å². The molecule has 1 unspecified atom stereocenters. The topological polar surface area (TPSA) is 64.4 Å². The fourth-order valence-electron chi connectivity index (χ4n) is 1.96. The summed E-state index contributed by atoms with van der Waals surface area (Å²) in [6.07, 6.45) is 0.596. The van der Waals surface area contributed by atoms with E-state index in [1.54, 1.807) is 13.2 Å². The fourth-order valence-corrected chi connectivity index (χ4v) is 1.96. The zero-order chi connectivity index (χ0) is 13.5. The van der Waals surface area contributed by atoms with Crippen LogP contribution in [0.5, 0.6) is 0 Å². The lowest BCUT2D eigenvalue weighted by Gasteiger charge is -2.17. The van der Waals surface area contributed by atoms with Gasteiger partial charge in [-0.25, -0.2) is 0 Å². The number of likely N-dealkylation sites (N-methyl/N-ethyl adjacent to an activating group) is 1. The van der Waals surface area contributed by atoms with Gasteiger partial charge in [0.05, 0.1) is 11.5 Å². The Morgan fingerprint density at radius 2 is 2.22 bits per heavy atom. The third-order valence-corrected chi connectivity index (χ3v) is 2.76. The van der Waals surface area contributed by atoms with Crippen molar-refractivity contribution in [1.29, 1.82) is 0 Å². The van der Waals surface area contributed by atoms with Crippen LogP contribution in [-0.4, -0.2) is 31.2 Å². The van der Waals surface area contributed by atoms with Crippen molar-refractivity contribution in [3.8, 4) is 0 Å². The maximum absolute atomic E-state index is 11.0. The van der Waals surface area contributed by atoms with Crippen molar-refractivity contribution in [3.63, 3.8) is 0 Å². The number of nitro benzene ring substituents is 1. The Kier molecular flexibility index (Phi) is 5.74. The van der Waals surface area contributed by atoms with Crippen molar-refractivity contribution in [2.24, 2.45) is 0 Å². The van der Waals surface area contributed by atoms with Gasteiger partial charge in [-0.15, -0.1) is 0 Å². The minimum atomic E-state index is -0.321. The molecule has 0 saturated carbocycles. The summed E-state index contributed by atoms with van der Waals surface area (Å²) in [6, 6.07) is 5.44. The number of aryl methyl sites for hydroxylation is 1. The first-order valence-corrected chi connectivity index (χ1v) is 6.04. The first-order valence-electron chi connectivity index (χ1n) is 6.04. The van der Waals surface area contributed by atoms with Crippen LogP contribution < -0.4 is 5.32 Å². The molecule has 0 aliphatic heterocycles. The summed E-state index contributed by atoms with van der Waals surface area (Å²) in [5, 5.41) is 14.3. The van der Waals surface area contributed by atoms with Crippen molar-refractivity contribution in [2.75, 3.05) is 20.3 Å². The quantitative estimate of drug-likeness (QED) is 0.596. The lowest BCUT2D eigenvalue weighted by atomic mass is 10.0. The number of benzene rings is 1. The van der Waals surface area contributed by atoms with Crippen molar-refractivity contribution in [2.45, 2.75) is 26.3 Å². The Hall–Kier alpha value is -1.46. The zero-order valence-electron chi connectivity index (χ0n) is 11.1. The Labute approximate surface area is 107 Å². The van der Waals surface area contributed by atoms with E-state index in [0.717, 1.165) is 17.7 Å². The average molecular weight is 252 g/mol. The molecule has 1 rings (SSSR count). The first-order chi connectivity index (χ1) is 8.58. The Morgan fingerprint density at radius 3 is 2.78 bits per heavy atom. The van der Waals surface area contributed by atoms with Gasteiger partial charge in [0, 0.05) is 24.8 Å². The predicted octanol–water partition coefficient (Wildman–Crippen LogP) is 2.07. The summed E-state index contributed by atoms with van der Waals surface area (Å²) in [5.74, 6) is 0. The van der Waals surface area contributed by atoms with Crippen LogP contribution in [0.3, 0.4) is 0 Å². The fraction of sp³-hybridized carbons (Fsp3) is 0.538. The molecule has 0 fully saturated rings. The molecule has 0 aromatic heterocycles. The molecule has 1 aromatic rings. The Bertz CT molecular complexity index is 401. The minimum absolute atomic E-state index is 0.0985. The van der Waals surface area contributed by atoms with E-state index < -0.39 is 0 Å². The number of nitrogens with one attached hydrogen (secondary N) is 1. The smallest absolute Gasteiger partial charge is 0.272 e. The number of hydrogen-bond acceptors (Lipinski definition) is 4. The van der Waals surface area contributed by atoms with Crippen LogP contribution in [0.1, 0.15) is 18.1 Å². The average Bonchev–Trinajstić information content (AvgIpc) is 2.32. The molecule has 0 spiro atoms. The summed E-state index contributed by atoms with van der Waals surface area (Å²) in [5.41, 5.74) is 1.83. The first kappa shape index (κ1) is 14.6. The molecule has 0 heterocycles. The molecule has 0 amide bonds. The molecule has 0 radical (unpaired) electrons. The van der Waals surface area contributed by atoms with E-state index in [1.807, 2.05) is 26.0 Å². The van der Waals surface area contributed by atoms with E-state index in [-0.39, 0.29) is 16.7 Å². The van der Waals surface area contributed by atoms with E-state index in [2.05, 4.69) is 5.32 Å². The van der Waals surface area contributed by atoms with Crippen LogP contribution in [0.2, 0.25) is 0 Å². The molecule has 0 saturated heterocycles. The van der Waals surface area contributed by atoms with E-state index in [4.69, 9.17) is 4.74 Å². The second kappa shape index (κ2) is 7.08. The van der Waals surface area contributed by atoms with Crippen molar-refractivity contribution in [3.05, 3.63) is 39.4 Å². The molecule has 1 N–H and O–H groups in total. The maximum atomic E-state index is 11.0. The summed E-state index contributed by atoms with van der Waals surface area (Å²) in [4.78, 5) is 10.7. The standard InChI is InChI=1S/C13H20N2O3/c1-4-14-12(9-18-3)8-11-6-5-10(2)7-13(11)15(16)17/h5-7,12,14H,4,8-9H2,1-3H3. The van der Waals surface area contributed by atoms with Crippen LogP contribution in [0.15, 0.2) is 18.2 Å². The predicted molar refractivity (Wildman–Crippen MR) is 70.9 cm³/mol. The number of methoxy groups -OCH3 is 1. The minimum Gasteiger partial charge on any atom is -0.383 e. The van der Waals surface area contributed by atoms with Gasteiger partial charge in [0.25, 0.3) is 5.69 Å². The lowest BCUT2D eigenvalue weighted by molar-refractivity contribution is -0.385. The summed E-state index contributed by atoms with van der Waals surface area (Å²) in [7, 11) is 1.63. The molecule has 0 bridgehead atoms. The third kappa shape index (κ3) is 4.09. The Morgan fingerprint density at radius 1 is 1.50 bits per heavy atom. The van der Waals surface area contributed by atoms with Crippen molar-refractivity contribution in [1.82, 2.24) is 5.32 Å². The molecular formula is C13H20N2O3. The summed E-state index contributed by atoms with van der Waals surface area (Å²) in [6.45, 7) is 5.21. The van der Waals surface area contributed by atoms with Gasteiger partial charge in [-0.05, 0) is 25.5 Å². The summed E-state index contributed by atoms with van der Waals surface area (Å²) >= 11 is 0. The van der Waals surface area contributed by atoms with Crippen LogP contribution in [-0.2, 0) is 11.2 Å². The highest BCUT2D eigenvalue weighted by Gasteiger charge is 2.17. The third-order valence-electron chi connectivity index (χ3n) is 2.76. The monoisotopic (exact) mass is 252 g/mol. The SMILES string of the molecule is CCNC(COC)Cc1ccc(C)cc1[N+](=O)[O-]. The summed E-state index contributed by atoms with van der Waals surface area (Å²) < 4.78 is 5.12. The van der Waals surface area contributed by atoms with Gasteiger partial charge in [0.1, 0.15) is 0 Å². The van der Waals surface area contributed by atoms with Gasteiger partial charge in [0.15, 0.2) is 0 Å². The number of hydrogen-bond donors (Lipinski definition) is 1. The highest BCUT2D eigenvalue weighted by molar-refractivity contribution is 5.43. The van der Waals surface area contributed by atoms with Crippen LogP contribution in [0.25, 0.3) is 0 Å². The lowest BCUT2D eigenvalue weighted by Crippen LogP contribution is -2.35. The second-order valence-corrected chi connectivity index (χ2v) is 4.30.